The third kappa shape index (κ3) is 1.96. The van der Waals surface area contributed by atoms with E-state index in [1.807, 2.05) is 0 Å². The molecule has 0 N–H and O–H groups in total. The van der Waals surface area contributed by atoms with Crippen molar-refractivity contribution in [2.45, 2.75) is 19.3 Å². The average molecular weight is 334 g/mol. The Bertz CT molecular complexity index is 1040. The lowest BCUT2D eigenvalue weighted by atomic mass is 9.48. The highest BCUT2D eigenvalue weighted by Crippen LogP contribution is 2.64. The van der Waals surface area contributed by atoms with Crippen LogP contribution >= 0.6 is 0 Å². The van der Waals surface area contributed by atoms with Crippen LogP contribution in [0.3, 0.4) is 0 Å². The van der Waals surface area contributed by atoms with Crippen molar-refractivity contribution in [3.63, 3.8) is 0 Å². The molecule has 26 heavy (non-hydrogen) atoms. The van der Waals surface area contributed by atoms with Gasteiger partial charge in [-0.25, -0.2) is 0 Å². The Balaban J connectivity index is 1.83. The molecule has 0 bridgehead atoms. The number of hydrogen-bond acceptors (Lipinski definition) is 0. The van der Waals surface area contributed by atoms with Gasteiger partial charge in [0.15, 0.2) is 0 Å². The van der Waals surface area contributed by atoms with Crippen LogP contribution in [-0.4, -0.2) is 0 Å². The Labute approximate surface area is 155 Å². The predicted octanol–water partition coefficient (Wildman–Crippen LogP) is 6.60. The van der Waals surface area contributed by atoms with Gasteiger partial charge in [-0.2, -0.15) is 0 Å². The minimum absolute atomic E-state index is 0.0304. The third-order valence-corrected chi connectivity index (χ3v) is 6.20. The largest absolute Gasteiger partial charge is 0.0722 e. The summed E-state index contributed by atoms with van der Waals surface area (Å²) in [6, 6.07) is 30.7. The molecule has 126 valence electrons. The molecule has 2 aliphatic carbocycles. The fraction of sp³-hybridized carbons (Fsp3) is 0.154. The second-order valence-corrected chi connectivity index (χ2v) is 7.60. The maximum atomic E-state index is 2.48. The first-order valence-electron chi connectivity index (χ1n) is 9.35. The van der Waals surface area contributed by atoms with Crippen molar-refractivity contribution in [1.82, 2.24) is 0 Å². The molecular weight excluding hydrogens is 312 g/mol. The van der Waals surface area contributed by atoms with Crippen molar-refractivity contribution in [3.8, 4) is 0 Å². The molecule has 2 unspecified atom stereocenters. The van der Waals surface area contributed by atoms with Gasteiger partial charge in [-0.15, -0.1) is 0 Å². The van der Waals surface area contributed by atoms with Gasteiger partial charge in [0.25, 0.3) is 0 Å². The molecule has 2 atom stereocenters. The van der Waals surface area contributed by atoms with E-state index in [1.54, 1.807) is 0 Å². The standard InChI is InChI=1S/C26H22/c1-18-17-23-24(19-11-5-3-6-12-19)25(20-13-7-4-8-14-20)26(23,2)22-16-10-9-15-21(18)22/h3-17,23H,1-2H3. The van der Waals surface area contributed by atoms with Gasteiger partial charge < -0.3 is 0 Å². The summed E-state index contributed by atoms with van der Waals surface area (Å²) in [6.07, 6.45) is 2.48. The molecule has 2 aliphatic rings. The van der Waals surface area contributed by atoms with E-state index in [2.05, 4.69) is 105 Å². The summed E-state index contributed by atoms with van der Waals surface area (Å²) in [6.45, 7) is 4.68. The fourth-order valence-corrected chi connectivity index (χ4v) is 4.98. The van der Waals surface area contributed by atoms with Crippen molar-refractivity contribution in [3.05, 3.63) is 113 Å². The summed E-state index contributed by atoms with van der Waals surface area (Å²) in [7, 11) is 0. The summed E-state index contributed by atoms with van der Waals surface area (Å²) in [5, 5.41) is 0. The zero-order valence-corrected chi connectivity index (χ0v) is 15.2. The van der Waals surface area contributed by atoms with Crippen LogP contribution in [0.1, 0.15) is 36.1 Å². The van der Waals surface area contributed by atoms with Crippen LogP contribution in [-0.2, 0) is 5.41 Å². The maximum absolute atomic E-state index is 2.48. The summed E-state index contributed by atoms with van der Waals surface area (Å²) in [5.74, 6) is 0.426. The molecule has 0 nitrogen and oxygen atoms in total. The number of benzene rings is 3. The molecule has 3 aromatic rings. The summed E-state index contributed by atoms with van der Waals surface area (Å²) in [5.41, 5.74) is 9.92. The van der Waals surface area contributed by atoms with Crippen molar-refractivity contribution >= 4 is 16.7 Å². The van der Waals surface area contributed by atoms with Crippen LogP contribution in [0.25, 0.3) is 16.7 Å². The first-order chi connectivity index (χ1) is 12.7. The Morgan fingerprint density at radius 2 is 1.27 bits per heavy atom. The first kappa shape index (κ1) is 15.4. The lowest BCUT2D eigenvalue weighted by Gasteiger charge is -2.54. The lowest BCUT2D eigenvalue weighted by molar-refractivity contribution is 0.486. The molecule has 0 heteroatoms. The van der Waals surface area contributed by atoms with Crippen molar-refractivity contribution in [2.75, 3.05) is 0 Å². The Hall–Kier alpha value is -2.86. The van der Waals surface area contributed by atoms with Crippen LogP contribution < -0.4 is 0 Å². The minimum atomic E-state index is 0.0304. The number of fused-ring (bicyclic) bond motifs is 3. The third-order valence-electron chi connectivity index (χ3n) is 6.20. The van der Waals surface area contributed by atoms with Gasteiger partial charge in [0, 0.05) is 11.3 Å². The van der Waals surface area contributed by atoms with Crippen molar-refractivity contribution in [2.24, 2.45) is 5.92 Å². The quantitative estimate of drug-likeness (QED) is 0.495. The van der Waals surface area contributed by atoms with Crippen LogP contribution in [0.5, 0.6) is 0 Å². The highest BCUT2D eigenvalue weighted by Gasteiger charge is 2.53. The predicted molar refractivity (Wildman–Crippen MR) is 111 cm³/mol. The molecule has 0 radical (unpaired) electrons. The highest BCUT2D eigenvalue weighted by molar-refractivity contribution is 6.07. The molecule has 0 amide bonds. The van der Waals surface area contributed by atoms with E-state index in [1.165, 1.54) is 39.0 Å². The summed E-state index contributed by atoms with van der Waals surface area (Å²) < 4.78 is 0. The minimum Gasteiger partial charge on any atom is -0.0722 e. The van der Waals surface area contributed by atoms with E-state index in [0.717, 1.165) is 0 Å². The average Bonchev–Trinajstić information content (AvgIpc) is 2.70. The zero-order chi connectivity index (χ0) is 17.7. The summed E-state index contributed by atoms with van der Waals surface area (Å²) in [4.78, 5) is 0. The SMILES string of the molecule is CC1=CC2C(c3ccccc3)=C(c3ccccc3)C2(C)c2ccccc21. The van der Waals surface area contributed by atoms with E-state index >= 15 is 0 Å². The van der Waals surface area contributed by atoms with Crippen molar-refractivity contribution in [1.29, 1.82) is 0 Å². The number of rotatable bonds is 2. The maximum Gasteiger partial charge on any atom is 0.0293 e. The highest BCUT2D eigenvalue weighted by atomic mass is 14.5. The van der Waals surface area contributed by atoms with Gasteiger partial charge in [-0.3, -0.25) is 0 Å². The van der Waals surface area contributed by atoms with Gasteiger partial charge in [0.05, 0.1) is 0 Å². The van der Waals surface area contributed by atoms with E-state index in [9.17, 15) is 0 Å². The van der Waals surface area contributed by atoms with E-state index in [0.29, 0.717) is 5.92 Å². The zero-order valence-electron chi connectivity index (χ0n) is 15.2. The first-order valence-corrected chi connectivity index (χ1v) is 9.35. The Kier molecular flexibility index (Phi) is 3.30. The normalized spacial score (nSPS) is 23.6. The van der Waals surface area contributed by atoms with Gasteiger partial charge in [-0.1, -0.05) is 97.9 Å². The molecule has 0 saturated carbocycles. The Morgan fingerprint density at radius 3 is 1.96 bits per heavy atom. The number of allylic oxidation sites excluding steroid dienone is 4. The molecular formula is C26H22. The summed E-state index contributed by atoms with van der Waals surface area (Å²) >= 11 is 0. The molecule has 0 aromatic heterocycles. The van der Waals surface area contributed by atoms with Crippen LogP contribution in [0.15, 0.2) is 91.0 Å². The lowest BCUT2D eigenvalue weighted by Crippen LogP contribution is -2.44. The van der Waals surface area contributed by atoms with Gasteiger partial charge >= 0.3 is 0 Å². The van der Waals surface area contributed by atoms with Crippen LogP contribution in [0.4, 0.5) is 0 Å². The Morgan fingerprint density at radius 1 is 0.692 bits per heavy atom. The van der Waals surface area contributed by atoms with E-state index in [-0.39, 0.29) is 5.41 Å². The molecule has 3 aromatic carbocycles. The second kappa shape index (κ2) is 5.57. The van der Waals surface area contributed by atoms with Gasteiger partial charge in [-0.05, 0) is 45.9 Å². The topological polar surface area (TPSA) is 0 Å². The van der Waals surface area contributed by atoms with E-state index in [4.69, 9.17) is 0 Å². The number of hydrogen-bond donors (Lipinski definition) is 0. The molecule has 0 spiro atoms. The fourth-order valence-electron chi connectivity index (χ4n) is 4.98. The second-order valence-electron chi connectivity index (χ2n) is 7.60. The smallest absolute Gasteiger partial charge is 0.0293 e. The monoisotopic (exact) mass is 334 g/mol. The van der Waals surface area contributed by atoms with Crippen LogP contribution in [0, 0.1) is 5.92 Å². The molecule has 0 saturated heterocycles. The molecule has 0 heterocycles. The van der Waals surface area contributed by atoms with Crippen LogP contribution in [0.2, 0.25) is 0 Å². The molecule has 0 fully saturated rings. The molecule has 0 aliphatic heterocycles. The molecule has 5 rings (SSSR count). The van der Waals surface area contributed by atoms with Gasteiger partial charge in [0.1, 0.15) is 0 Å². The van der Waals surface area contributed by atoms with Gasteiger partial charge in [0.2, 0.25) is 0 Å². The van der Waals surface area contributed by atoms with E-state index < -0.39 is 0 Å². The van der Waals surface area contributed by atoms with Crippen molar-refractivity contribution < 1.29 is 0 Å².